The summed E-state index contributed by atoms with van der Waals surface area (Å²) in [6.45, 7) is 0. The zero-order valence-electron chi connectivity index (χ0n) is 6.38. The Labute approximate surface area is 86.3 Å². The minimum atomic E-state index is -0.360. The van der Waals surface area contributed by atoms with Gasteiger partial charge in [0.05, 0.1) is 4.47 Å². The van der Waals surface area contributed by atoms with Gasteiger partial charge in [0.1, 0.15) is 5.82 Å². The van der Waals surface area contributed by atoms with Gasteiger partial charge in [-0.15, -0.1) is 11.3 Å². The van der Waals surface area contributed by atoms with Gasteiger partial charge in [0, 0.05) is 21.0 Å². The molecule has 0 radical (unpaired) electrons. The lowest BCUT2D eigenvalue weighted by Gasteiger charge is -1.96. The molecule has 1 nitrogen and oxygen atoms in total. The first-order chi connectivity index (χ1) is 6.24. The van der Waals surface area contributed by atoms with Crippen LogP contribution in [-0.2, 0) is 0 Å². The van der Waals surface area contributed by atoms with Crippen LogP contribution in [0.1, 0.15) is 10.4 Å². The third-order valence-corrected chi connectivity index (χ3v) is 3.36. The summed E-state index contributed by atoms with van der Waals surface area (Å²) < 4.78 is 14.7. The predicted octanol–water partition coefficient (Wildman–Crippen LogP) is 3.62. The van der Waals surface area contributed by atoms with Gasteiger partial charge >= 0.3 is 0 Å². The summed E-state index contributed by atoms with van der Waals surface area (Å²) in [4.78, 5) is 10.6. The highest BCUT2D eigenvalue weighted by molar-refractivity contribution is 9.10. The standard InChI is InChI=1S/C9H4BrFOS/c10-6-1-2-7-8(9(6)11)5(3-12)4-13-7/h1-4H. The molecule has 2 aromatic rings. The van der Waals surface area contributed by atoms with Crippen LogP contribution in [0, 0.1) is 5.82 Å². The molecular formula is C9H4BrFOS. The SMILES string of the molecule is O=Cc1csc2ccc(Br)c(F)c12. The molecule has 0 aliphatic rings. The quantitative estimate of drug-likeness (QED) is 0.715. The zero-order valence-corrected chi connectivity index (χ0v) is 8.78. The Morgan fingerprint density at radius 1 is 1.46 bits per heavy atom. The van der Waals surface area contributed by atoms with Gasteiger partial charge < -0.3 is 0 Å². The first-order valence-electron chi connectivity index (χ1n) is 3.54. The Morgan fingerprint density at radius 2 is 2.23 bits per heavy atom. The van der Waals surface area contributed by atoms with E-state index >= 15 is 0 Å². The van der Waals surface area contributed by atoms with Crippen LogP contribution in [0.4, 0.5) is 4.39 Å². The number of halogens is 2. The van der Waals surface area contributed by atoms with Crippen LogP contribution in [0.5, 0.6) is 0 Å². The second-order valence-corrected chi connectivity index (χ2v) is 4.31. The molecule has 1 aromatic carbocycles. The Balaban J connectivity index is 2.93. The Hall–Kier alpha value is -0.740. The van der Waals surface area contributed by atoms with Gasteiger partial charge in [0.25, 0.3) is 0 Å². The van der Waals surface area contributed by atoms with Crippen LogP contribution in [0.25, 0.3) is 10.1 Å². The maximum Gasteiger partial charge on any atom is 0.151 e. The van der Waals surface area contributed by atoms with E-state index in [4.69, 9.17) is 0 Å². The number of hydrogen-bond acceptors (Lipinski definition) is 2. The number of aldehydes is 1. The first kappa shape index (κ1) is 8.84. The molecule has 4 heteroatoms. The van der Waals surface area contributed by atoms with Crippen molar-refractivity contribution in [2.24, 2.45) is 0 Å². The summed E-state index contributed by atoms with van der Waals surface area (Å²) in [7, 11) is 0. The molecule has 1 aromatic heterocycles. The number of fused-ring (bicyclic) bond motifs is 1. The fraction of sp³-hybridized carbons (Fsp3) is 0. The van der Waals surface area contributed by atoms with Crippen LogP contribution in [-0.4, -0.2) is 6.29 Å². The lowest BCUT2D eigenvalue weighted by atomic mass is 10.2. The maximum atomic E-state index is 13.5. The first-order valence-corrected chi connectivity index (χ1v) is 5.21. The van der Waals surface area contributed by atoms with E-state index in [1.54, 1.807) is 17.5 Å². The summed E-state index contributed by atoms with van der Waals surface area (Å²) in [6, 6.07) is 3.43. The van der Waals surface area contributed by atoms with Crippen LogP contribution >= 0.6 is 27.3 Å². The van der Waals surface area contributed by atoms with Crippen molar-refractivity contribution in [2.75, 3.05) is 0 Å². The lowest BCUT2D eigenvalue weighted by molar-refractivity contribution is 0.112. The molecule has 0 saturated carbocycles. The molecule has 0 fully saturated rings. The molecule has 0 saturated heterocycles. The van der Waals surface area contributed by atoms with Crippen molar-refractivity contribution in [3.63, 3.8) is 0 Å². The zero-order chi connectivity index (χ0) is 9.42. The van der Waals surface area contributed by atoms with Crippen molar-refractivity contribution < 1.29 is 9.18 Å². The maximum absolute atomic E-state index is 13.5. The highest BCUT2D eigenvalue weighted by Crippen LogP contribution is 2.31. The van der Waals surface area contributed by atoms with Gasteiger partial charge in [-0.1, -0.05) is 0 Å². The molecule has 0 spiro atoms. The van der Waals surface area contributed by atoms with E-state index in [9.17, 15) is 9.18 Å². The van der Waals surface area contributed by atoms with Gasteiger partial charge in [0.15, 0.2) is 6.29 Å². The van der Waals surface area contributed by atoms with E-state index in [1.807, 2.05) is 0 Å². The fourth-order valence-electron chi connectivity index (χ4n) is 1.17. The average Bonchev–Trinajstić information content (AvgIpc) is 2.55. The lowest BCUT2D eigenvalue weighted by Crippen LogP contribution is -1.82. The van der Waals surface area contributed by atoms with Crippen molar-refractivity contribution in [3.05, 3.63) is 33.4 Å². The smallest absolute Gasteiger partial charge is 0.151 e. The molecule has 2 rings (SSSR count). The van der Waals surface area contributed by atoms with Crippen LogP contribution < -0.4 is 0 Å². The summed E-state index contributed by atoms with van der Waals surface area (Å²) >= 11 is 4.45. The topological polar surface area (TPSA) is 17.1 Å². The second-order valence-electron chi connectivity index (χ2n) is 2.54. The number of rotatable bonds is 1. The molecule has 0 aliphatic heterocycles. The second kappa shape index (κ2) is 3.20. The molecule has 13 heavy (non-hydrogen) atoms. The normalized spacial score (nSPS) is 10.6. The van der Waals surface area contributed by atoms with E-state index in [2.05, 4.69) is 15.9 Å². The third kappa shape index (κ3) is 1.30. The van der Waals surface area contributed by atoms with Crippen molar-refractivity contribution in [3.8, 4) is 0 Å². The number of benzene rings is 1. The van der Waals surface area contributed by atoms with Crippen molar-refractivity contribution in [1.82, 2.24) is 0 Å². The number of thiophene rings is 1. The molecule has 0 unspecified atom stereocenters. The molecule has 0 atom stereocenters. The van der Waals surface area contributed by atoms with Crippen LogP contribution in [0.2, 0.25) is 0 Å². The van der Waals surface area contributed by atoms with E-state index in [0.29, 0.717) is 21.7 Å². The molecule has 0 aliphatic carbocycles. The third-order valence-electron chi connectivity index (χ3n) is 1.79. The van der Waals surface area contributed by atoms with E-state index < -0.39 is 0 Å². The van der Waals surface area contributed by atoms with Gasteiger partial charge in [0.2, 0.25) is 0 Å². The summed E-state index contributed by atoms with van der Waals surface area (Å²) in [5, 5.41) is 2.07. The number of carbonyl (C=O) groups excluding carboxylic acids is 1. The predicted molar refractivity (Wildman–Crippen MR) is 54.9 cm³/mol. The van der Waals surface area contributed by atoms with Gasteiger partial charge in [-0.05, 0) is 28.1 Å². The van der Waals surface area contributed by atoms with Crippen LogP contribution in [0.15, 0.2) is 22.0 Å². The van der Waals surface area contributed by atoms with Gasteiger partial charge in [-0.25, -0.2) is 4.39 Å². The summed E-state index contributed by atoms with van der Waals surface area (Å²) in [5.41, 5.74) is 0.416. The molecule has 0 amide bonds. The van der Waals surface area contributed by atoms with Crippen molar-refractivity contribution in [2.45, 2.75) is 0 Å². The molecular weight excluding hydrogens is 255 g/mol. The largest absolute Gasteiger partial charge is 0.298 e. The van der Waals surface area contributed by atoms with E-state index in [1.165, 1.54) is 11.3 Å². The van der Waals surface area contributed by atoms with Crippen molar-refractivity contribution in [1.29, 1.82) is 0 Å². The van der Waals surface area contributed by atoms with Crippen LogP contribution in [0.3, 0.4) is 0 Å². The molecule has 0 bridgehead atoms. The highest BCUT2D eigenvalue weighted by Gasteiger charge is 2.10. The molecule has 1 heterocycles. The minimum absolute atomic E-state index is 0.360. The number of hydrogen-bond donors (Lipinski definition) is 0. The Morgan fingerprint density at radius 3 is 2.92 bits per heavy atom. The molecule has 0 N–H and O–H groups in total. The van der Waals surface area contributed by atoms with Gasteiger partial charge in [-0.3, -0.25) is 4.79 Å². The highest BCUT2D eigenvalue weighted by atomic mass is 79.9. The van der Waals surface area contributed by atoms with E-state index in [-0.39, 0.29) is 5.82 Å². The Bertz CT molecular complexity index is 478. The van der Waals surface area contributed by atoms with Gasteiger partial charge in [-0.2, -0.15) is 0 Å². The Kier molecular flexibility index (Phi) is 2.17. The monoisotopic (exact) mass is 258 g/mol. The fourth-order valence-corrected chi connectivity index (χ4v) is 2.40. The number of carbonyl (C=O) groups is 1. The summed E-state index contributed by atoms with van der Waals surface area (Å²) in [5.74, 6) is -0.360. The van der Waals surface area contributed by atoms with E-state index in [0.717, 1.165) is 4.70 Å². The minimum Gasteiger partial charge on any atom is -0.298 e. The average molecular weight is 259 g/mol. The van der Waals surface area contributed by atoms with Crippen molar-refractivity contribution >= 4 is 43.6 Å². The summed E-state index contributed by atoms with van der Waals surface area (Å²) in [6.07, 6.45) is 0.675. The molecule has 66 valence electrons.